The molecule has 0 N–H and O–H groups in total. The van der Waals surface area contributed by atoms with Crippen molar-refractivity contribution in [2.75, 3.05) is 6.61 Å². The Morgan fingerprint density at radius 3 is 2.47 bits per heavy atom. The molecule has 1 atom stereocenters. The zero-order chi connectivity index (χ0) is 21.1. The van der Waals surface area contributed by atoms with E-state index in [1.807, 2.05) is 54.6 Å². The van der Waals surface area contributed by atoms with E-state index in [1.165, 1.54) is 6.07 Å². The fourth-order valence-corrected chi connectivity index (χ4v) is 5.92. The predicted octanol–water partition coefficient (Wildman–Crippen LogP) is 4.98. The SMILES string of the molecule is Cc1ccc(Cl)cc1S(=O)(=O)N1Cc2ccccc2COCC1Cc1ccccc1. The number of nitrogens with zero attached hydrogens (tertiary/aromatic N) is 1. The Hall–Kier alpha value is -2.18. The maximum atomic E-state index is 13.8. The number of hydrogen-bond donors (Lipinski definition) is 0. The highest BCUT2D eigenvalue weighted by Gasteiger charge is 2.34. The molecule has 156 valence electrons. The van der Waals surface area contributed by atoms with Crippen LogP contribution < -0.4 is 0 Å². The maximum absolute atomic E-state index is 13.8. The number of aryl methyl sites for hydroxylation is 1. The summed E-state index contributed by atoms with van der Waals surface area (Å²) in [5, 5.41) is 0.405. The van der Waals surface area contributed by atoms with Crippen molar-refractivity contribution in [1.29, 1.82) is 0 Å². The van der Waals surface area contributed by atoms with Crippen LogP contribution in [0.3, 0.4) is 0 Å². The van der Waals surface area contributed by atoms with E-state index in [4.69, 9.17) is 16.3 Å². The Morgan fingerprint density at radius 2 is 1.70 bits per heavy atom. The number of hydrogen-bond acceptors (Lipinski definition) is 3. The molecule has 0 saturated carbocycles. The van der Waals surface area contributed by atoms with E-state index < -0.39 is 10.0 Å². The highest BCUT2D eigenvalue weighted by atomic mass is 35.5. The molecule has 0 bridgehead atoms. The van der Waals surface area contributed by atoms with E-state index in [-0.39, 0.29) is 10.9 Å². The summed E-state index contributed by atoms with van der Waals surface area (Å²) in [6, 6.07) is 22.4. The normalized spacial score (nSPS) is 17.7. The van der Waals surface area contributed by atoms with E-state index >= 15 is 0 Å². The van der Waals surface area contributed by atoms with Crippen LogP contribution in [-0.2, 0) is 34.3 Å². The molecule has 1 aliphatic rings. The zero-order valence-electron chi connectivity index (χ0n) is 16.8. The summed E-state index contributed by atoms with van der Waals surface area (Å²) in [6.07, 6.45) is 0.571. The highest BCUT2D eigenvalue weighted by Crippen LogP contribution is 2.29. The van der Waals surface area contributed by atoms with Crippen LogP contribution in [0.5, 0.6) is 0 Å². The summed E-state index contributed by atoms with van der Waals surface area (Å²) < 4.78 is 35.2. The Kier molecular flexibility index (Phi) is 6.25. The Labute approximate surface area is 183 Å². The third-order valence-corrected chi connectivity index (χ3v) is 7.75. The molecule has 0 fully saturated rings. The molecule has 6 heteroatoms. The average Bonchev–Trinajstić information content (AvgIpc) is 2.73. The largest absolute Gasteiger partial charge is 0.375 e. The van der Waals surface area contributed by atoms with Gasteiger partial charge in [-0.3, -0.25) is 0 Å². The van der Waals surface area contributed by atoms with Gasteiger partial charge in [-0.1, -0.05) is 72.3 Å². The van der Waals surface area contributed by atoms with Crippen LogP contribution in [0.2, 0.25) is 5.02 Å². The smallest absolute Gasteiger partial charge is 0.244 e. The van der Waals surface area contributed by atoms with Crippen molar-refractivity contribution in [2.45, 2.75) is 37.4 Å². The number of sulfonamides is 1. The molecule has 0 amide bonds. The predicted molar refractivity (Wildman–Crippen MR) is 119 cm³/mol. The minimum atomic E-state index is -3.80. The van der Waals surface area contributed by atoms with E-state index in [9.17, 15) is 8.42 Å². The molecular formula is C24H24ClNO3S. The lowest BCUT2D eigenvalue weighted by molar-refractivity contribution is 0.0673. The Balaban J connectivity index is 1.80. The third-order valence-electron chi connectivity index (χ3n) is 5.47. The van der Waals surface area contributed by atoms with Gasteiger partial charge >= 0.3 is 0 Å². The quantitative estimate of drug-likeness (QED) is 0.573. The second-order valence-corrected chi connectivity index (χ2v) is 9.88. The van der Waals surface area contributed by atoms with Crippen molar-refractivity contribution >= 4 is 21.6 Å². The van der Waals surface area contributed by atoms with Crippen molar-refractivity contribution in [2.24, 2.45) is 0 Å². The second kappa shape index (κ2) is 8.90. The molecule has 3 aromatic carbocycles. The lowest BCUT2D eigenvalue weighted by Gasteiger charge is -2.34. The fraction of sp³-hybridized carbons (Fsp3) is 0.250. The molecule has 4 nitrogen and oxygen atoms in total. The number of ether oxygens (including phenoxy) is 1. The topological polar surface area (TPSA) is 46.6 Å². The van der Waals surface area contributed by atoms with Crippen LogP contribution in [0.4, 0.5) is 0 Å². The first kappa shape index (κ1) is 21.1. The van der Waals surface area contributed by atoms with Crippen molar-refractivity contribution < 1.29 is 13.2 Å². The lowest BCUT2D eigenvalue weighted by Crippen LogP contribution is -2.45. The summed E-state index contributed by atoms with van der Waals surface area (Å²) in [4.78, 5) is 0.242. The number of rotatable bonds is 4. The van der Waals surface area contributed by atoms with Crippen LogP contribution in [-0.4, -0.2) is 25.4 Å². The Bertz CT molecular complexity index is 1130. The first-order chi connectivity index (χ1) is 14.4. The molecule has 0 aromatic heterocycles. The van der Waals surface area contributed by atoms with Gasteiger partial charge in [0.25, 0.3) is 0 Å². The molecule has 1 heterocycles. The van der Waals surface area contributed by atoms with Gasteiger partial charge in [-0.15, -0.1) is 0 Å². The molecule has 1 unspecified atom stereocenters. The molecule has 0 radical (unpaired) electrons. The first-order valence-corrected chi connectivity index (χ1v) is 11.7. The van der Waals surface area contributed by atoms with Crippen LogP contribution in [0.1, 0.15) is 22.3 Å². The van der Waals surface area contributed by atoms with Gasteiger partial charge in [-0.05, 0) is 47.7 Å². The van der Waals surface area contributed by atoms with Gasteiger partial charge in [-0.25, -0.2) is 8.42 Å². The maximum Gasteiger partial charge on any atom is 0.244 e. The van der Waals surface area contributed by atoms with Crippen LogP contribution in [0.15, 0.2) is 77.7 Å². The summed E-state index contributed by atoms with van der Waals surface area (Å²) >= 11 is 6.16. The molecule has 1 aliphatic heterocycles. The average molecular weight is 442 g/mol. The van der Waals surface area contributed by atoms with Gasteiger partial charge in [0.05, 0.1) is 24.2 Å². The van der Waals surface area contributed by atoms with Crippen LogP contribution >= 0.6 is 11.6 Å². The fourth-order valence-electron chi connectivity index (χ4n) is 3.84. The van der Waals surface area contributed by atoms with Gasteiger partial charge in [0.2, 0.25) is 10.0 Å². The van der Waals surface area contributed by atoms with Crippen LogP contribution in [0.25, 0.3) is 0 Å². The van der Waals surface area contributed by atoms with E-state index in [2.05, 4.69) is 0 Å². The van der Waals surface area contributed by atoms with Gasteiger partial charge in [0.1, 0.15) is 0 Å². The third kappa shape index (κ3) is 4.44. The summed E-state index contributed by atoms with van der Waals surface area (Å²) in [5.41, 5.74) is 3.72. The van der Waals surface area contributed by atoms with Crippen molar-refractivity contribution in [1.82, 2.24) is 4.31 Å². The molecular weight excluding hydrogens is 418 g/mol. The van der Waals surface area contributed by atoms with E-state index in [0.717, 1.165) is 16.7 Å². The standard InChI is InChI=1S/C24H24ClNO3S/c1-18-11-12-22(25)14-24(18)30(27,28)26-15-20-9-5-6-10-21(20)16-29-17-23(26)13-19-7-3-2-4-8-19/h2-12,14,23H,13,15-17H2,1H3. The first-order valence-electron chi connectivity index (χ1n) is 9.91. The number of benzene rings is 3. The van der Waals surface area contributed by atoms with Crippen LogP contribution in [0, 0.1) is 6.92 Å². The monoisotopic (exact) mass is 441 g/mol. The summed E-state index contributed by atoms with van der Waals surface area (Å²) in [7, 11) is -3.80. The minimum Gasteiger partial charge on any atom is -0.375 e. The van der Waals surface area contributed by atoms with Crippen molar-refractivity contribution in [3.05, 3.63) is 100 Å². The highest BCUT2D eigenvalue weighted by molar-refractivity contribution is 7.89. The van der Waals surface area contributed by atoms with Gasteiger partial charge in [0.15, 0.2) is 0 Å². The van der Waals surface area contributed by atoms with Gasteiger partial charge in [-0.2, -0.15) is 4.31 Å². The van der Waals surface area contributed by atoms with E-state index in [0.29, 0.717) is 36.8 Å². The number of halogens is 1. The van der Waals surface area contributed by atoms with Gasteiger partial charge in [0, 0.05) is 11.6 Å². The molecule has 0 saturated heterocycles. The number of fused-ring (bicyclic) bond motifs is 1. The summed E-state index contributed by atoms with van der Waals surface area (Å²) in [6.45, 7) is 2.89. The molecule has 3 aromatic rings. The van der Waals surface area contributed by atoms with Crippen molar-refractivity contribution in [3.8, 4) is 0 Å². The van der Waals surface area contributed by atoms with Crippen molar-refractivity contribution in [3.63, 3.8) is 0 Å². The molecule has 4 rings (SSSR count). The Morgan fingerprint density at radius 1 is 1.00 bits per heavy atom. The van der Waals surface area contributed by atoms with E-state index in [1.54, 1.807) is 23.4 Å². The summed E-state index contributed by atoms with van der Waals surface area (Å²) in [5.74, 6) is 0. The lowest BCUT2D eigenvalue weighted by atomic mass is 10.0. The second-order valence-electron chi connectivity index (χ2n) is 7.59. The molecule has 0 spiro atoms. The zero-order valence-corrected chi connectivity index (χ0v) is 18.4. The van der Waals surface area contributed by atoms with Gasteiger partial charge < -0.3 is 4.74 Å². The minimum absolute atomic E-state index is 0.242. The molecule has 0 aliphatic carbocycles. The molecule has 30 heavy (non-hydrogen) atoms.